The van der Waals surface area contributed by atoms with Gasteiger partial charge in [0.1, 0.15) is 5.78 Å². The fourth-order valence-electron chi connectivity index (χ4n) is 3.52. The molecule has 0 bridgehead atoms. The van der Waals surface area contributed by atoms with Gasteiger partial charge in [-0.25, -0.2) is 8.42 Å². The van der Waals surface area contributed by atoms with E-state index in [4.69, 9.17) is 0 Å². The van der Waals surface area contributed by atoms with Crippen molar-refractivity contribution >= 4 is 21.5 Å². The van der Waals surface area contributed by atoms with Gasteiger partial charge in [0.05, 0.1) is 5.75 Å². The quantitative estimate of drug-likeness (QED) is 0.528. The van der Waals surface area contributed by atoms with Crippen molar-refractivity contribution in [3.05, 3.63) is 64.7 Å². The Labute approximate surface area is 174 Å². The van der Waals surface area contributed by atoms with Gasteiger partial charge < -0.3 is 0 Å². The summed E-state index contributed by atoms with van der Waals surface area (Å²) in [4.78, 5) is 12.0. The highest BCUT2D eigenvalue weighted by atomic mass is 32.2. The Morgan fingerprint density at radius 1 is 1.07 bits per heavy atom. The molecule has 0 aromatic heterocycles. The first-order valence-corrected chi connectivity index (χ1v) is 12.2. The van der Waals surface area contributed by atoms with Gasteiger partial charge in [-0.05, 0) is 72.9 Å². The highest BCUT2D eigenvalue weighted by Crippen LogP contribution is 2.39. The SMILES string of the molecule is CCCCC(=O)CCc1cc(NS(=O)(=O)Cc2ccc(C3CC3)cc2)ccc1C. The van der Waals surface area contributed by atoms with Crippen molar-refractivity contribution < 1.29 is 13.2 Å². The Bertz CT molecular complexity index is 945. The topological polar surface area (TPSA) is 63.2 Å². The normalized spacial score (nSPS) is 14.0. The fourth-order valence-corrected chi connectivity index (χ4v) is 4.70. The second-order valence-electron chi connectivity index (χ2n) is 8.16. The Kier molecular flexibility index (Phi) is 7.12. The van der Waals surface area contributed by atoms with Crippen molar-refractivity contribution in [2.24, 2.45) is 0 Å². The van der Waals surface area contributed by atoms with Crippen LogP contribution in [0.4, 0.5) is 5.69 Å². The lowest BCUT2D eigenvalue weighted by atomic mass is 10.0. The summed E-state index contributed by atoms with van der Waals surface area (Å²) >= 11 is 0. The van der Waals surface area contributed by atoms with Gasteiger partial charge in [0.15, 0.2) is 0 Å². The molecule has 1 fully saturated rings. The zero-order valence-electron chi connectivity index (χ0n) is 17.4. The van der Waals surface area contributed by atoms with E-state index in [1.165, 1.54) is 18.4 Å². The molecule has 1 aliphatic rings. The van der Waals surface area contributed by atoms with E-state index in [0.717, 1.165) is 29.5 Å². The molecule has 1 saturated carbocycles. The van der Waals surface area contributed by atoms with E-state index in [0.29, 0.717) is 30.9 Å². The van der Waals surface area contributed by atoms with E-state index in [9.17, 15) is 13.2 Å². The summed E-state index contributed by atoms with van der Waals surface area (Å²) in [5.41, 5.74) is 4.74. The van der Waals surface area contributed by atoms with Crippen LogP contribution in [-0.4, -0.2) is 14.2 Å². The van der Waals surface area contributed by atoms with E-state index in [1.54, 1.807) is 6.07 Å². The van der Waals surface area contributed by atoms with Gasteiger partial charge in [-0.15, -0.1) is 0 Å². The molecular formula is C24H31NO3S. The summed E-state index contributed by atoms with van der Waals surface area (Å²) in [6.07, 6.45) is 6.20. The number of hydrogen-bond acceptors (Lipinski definition) is 3. The monoisotopic (exact) mass is 413 g/mol. The molecular weight excluding hydrogens is 382 g/mol. The van der Waals surface area contributed by atoms with Gasteiger partial charge in [0.2, 0.25) is 10.0 Å². The van der Waals surface area contributed by atoms with Crippen LogP contribution in [0.25, 0.3) is 0 Å². The van der Waals surface area contributed by atoms with Gasteiger partial charge in [-0.3, -0.25) is 9.52 Å². The zero-order chi connectivity index (χ0) is 20.9. The van der Waals surface area contributed by atoms with Crippen LogP contribution >= 0.6 is 0 Å². The summed E-state index contributed by atoms with van der Waals surface area (Å²) < 4.78 is 27.9. The van der Waals surface area contributed by atoms with Gasteiger partial charge in [0.25, 0.3) is 0 Å². The number of anilines is 1. The van der Waals surface area contributed by atoms with E-state index in [2.05, 4.69) is 11.6 Å². The van der Waals surface area contributed by atoms with Crippen molar-refractivity contribution in [2.45, 2.75) is 70.5 Å². The van der Waals surface area contributed by atoms with Crippen LogP contribution in [0.3, 0.4) is 0 Å². The molecule has 3 rings (SSSR count). The number of aryl methyl sites for hydroxylation is 2. The number of hydrogen-bond donors (Lipinski definition) is 1. The van der Waals surface area contributed by atoms with Crippen molar-refractivity contribution in [3.63, 3.8) is 0 Å². The predicted molar refractivity (Wildman–Crippen MR) is 119 cm³/mol. The third-order valence-corrected chi connectivity index (χ3v) is 6.75. The van der Waals surface area contributed by atoms with E-state index >= 15 is 0 Å². The minimum absolute atomic E-state index is 0.0450. The molecule has 2 aromatic carbocycles. The van der Waals surface area contributed by atoms with Crippen LogP contribution in [0.1, 0.15) is 73.6 Å². The maximum absolute atomic E-state index is 12.6. The predicted octanol–water partition coefficient (Wildman–Crippen LogP) is 5.51. The Hall–Kier alpha value is -2.14. The number of carbonyl (C=O) groups is 1. The first kappa shape index (κ1) is 21.6. The molecule has 0 spiro atoms. The minimum atomic E-state index is -3.49. The van der Waals surface area contributed by atoms with Gasteiger partial charge in [-0.1, -0.05) is 43.7 Å². The molecule has 0 heterocycles. The smallest absolute Gasteiger partial charge is 0.236 e. The van der Waals surface area contributed by atoms with Crippen LogP contribution in [0, 0.1) is 6.92 Å². The third-order valence-electron chi connectivity index (χ3n) is 5.49. The maximum atomic E-state index is 12.6. The van der Waals surface area contributed by atoms with Crippen LogP contribution < -0.4 is 4.72 Å². The summed E-state index contributed by atoms with van der Waals surface area (Å²) in [5.74, 6) is 0.891. The second-order valence-corrected chi connectivity index (χ2v) is 9.88. The molecule has 29 heavy (non-hydrogen) atoms. The number of rotatable bonds is 11. The largest absolute Gasteiger partial charge is 0.300 e. The molecule has 156 valence electrons. The average molecular weight is 414 g/mol. The van der Waals surface area contributed by atoms with Gasteiger partial charge >= 0.3 is 0 Å². The number of carbonyl (C=O) groups excluding carboxylic acids is 1. The molecule has 4 nitrogen and oxygen atoms in total. The summed E-state index contributed by atoms with van der Waals surface area (Å²) in [5, 5.41) is 0. The molecule has 2 aromatic rings. The molecule has 0 unspecified atom stereocenters. The van der Waals surface area contributed by atoms with Gasteiger partial charge in [-0.2, -0.15) is 0 Å². The lowest BCUT2D eigenvalue weighted by Gasteiger charge is -2.12. The Morgan fingerprint density at radius 2 is 1.79 bits per heavy atom. The molecule has 1 N–H and O–H groups in total. The zero-order valence-corrected chi connectivity index (χ0v) is 18.2. The van der Waals surface area contributed by atoms with Crippen molar-refractivity contribution in [3.8, 4) is 0 Å². The summed E-state index contributed by atoms with van der Waals surface area (Å²) in [7, 11) is -3.49. The minimum Gasteiger partial charge on any atom is -0.300 e. The number of sulfonamides is 1. The second kappa shape index (κ2) is 9.57. The van der Waals surface area contributed by atoms with Crippen molar-refractivity contribution in [1.29, 1.82) is 0 Å². The van der Waals surface area contributed by atoms with Crippen LogP contribution in [0.15, 0.2) is 42.5 Å². The highest BCUT2D eigenvalue weighted by molar-refractivity contribution is 7.91. The van der Waals surface area contributed by atoms with Gasteiger partial charge in [0, 0.05) is 18.5 Å². The first-order chi connectivity index (χ1) is 13.9. The lowest BCUT2D eigenvalue weighted by Crippen LogP contribution is -2.15. The van der Waals surface area contributed by atoms with E-state index < -0.39 is 10.0 Å². The number of ketones is 1. The summed E-state index contributed by atoms with van der Waals surface area (Å²) in [6.45, 7) is 4.07. The first-order valence-electron chi connectivity index (χ1n) is 10.6. The molecule has 0 saturated heterocycles. The van der Waals surface area contributed by atoms with Crippen LogP contribution in [0.2, 0.25) is 0 Å². The fraction of sp³-hybridized carbons (Fsp3) is 0.458. The van der Waals surface area contributed by atoms with E-state index in [1.807, 2.05) is 43.3 Å². The number of unbranched alkanes of at least 4 members (excludes halogenated alkanes) is 1. The van der Waals surface area contributed by atoms with Crippen LogP contribution in [-0.2, 0) is 27.0 Å². The lowest BCUT2D eigenvalue weighted by molar-refractivity contribution is -0.119. The highest BCUT2D eigenvalue weighted by Gasteiger charge is 2.23. The molecule has 0 amide bonds. The van der Waals surface area contributed by atoms with Crippen molar-refractivity contribution in [1.82, 2.24) is 0 Å². The molecule has 0 aliphatic heterocycles. The standard InChI is InChI=1S/C24H31NO3S/c1-3-4-5-24(26)15-13-22-16-23(14-6-18(22)2)25-29(27,28)17-19-7-9-20(10-8-19)21-11-12-21/h6-10,14,16,21,25H,3-5,11-13,15,17H2,1-2H3. The van der Waals surface area contributed by atoms with E-state index in [-0.39, 0.29) is 11.5 Å². The van der Waals surface area contributed by atoms with Crippen molar-refractivity contribution in [2.75, 3.05) is 4.72 Å². The number of nitrogens with one attached hydrogen (secondary N) is 1. The summed E-state index contributed by atoms with van der Waals surface area (Å²) in [6, 6.07) is 13.5. The number of Topliss-reactive ketones (excluding diaryl/α,β-unsaturated/α-hetero) is 1. The number of benzene rings is 2. The Morgan fingerprint density at radius 3 is 2.45 bits per heavy atom. The molecule has 1 aliphatic carbocycles. The molecule has 0 radical (unpaired) electrons. The maximum Gasteiger partial charge on any atom is 0.236 e. The third kappa shape index (κ3) is 6.70. The Balaban J connectivity index is 1.61. The average Bonchev–Trinajstić information content (AvgIpc) is 3.52. The molecule has 5 heteroatoms. The van der Waals surface area contributed by atoms with Crippen LogP contribution in [0.5, 0.6) is 0 Å². The molecule has 0 atom stereocenters.